The van der Waals surface area contributed by atoms with Crippen LogP contribution in [-0.2, 0) is 0 Å². The van der Waals surface area contributed by atoms with E-state index in [1.54, 1.807) is 0 Å². The molecular weight excluding hydrogens is 228 g/mol. The average Bonchev–Trinajstić information content (AvgIpc) is 2.45. The Hall–Kier alpha value is -1.56. The fourth-order valence-electron chi connectivity index (χ4n) is 3.35. The summed E-state index contributed by atoms with van der Waals surface area (Å²) in [4.78, 5) is 0. The van der Waals surface area contributed by atoms with Crippen molar-refractivity contribution in [3.05, 3.63) is 65.8 Å². The van der Waals surface area contributed by atoms with Crippen molar-refractivity contribution in [1.82, 2.24) is 0 Å². The van der Waals surface area contributed by atoms with Crippen LogP contribution in [0.3, 0.4) is 0 Å². The van der Waals surface area contributed by atoms with Crippen LogP contribution >= 0.6 is 0 Å². The summed E-state index contributed by atoms with van der Waals surface area (Å²) in [6.07, 6.45) is 12.7. The molecule has 0 heteroatoms. The normalized spacial score (nSPS) is 22.4. The summed E-state index contributed by atoms with van der Waals surface area (Å²) in [7, 11) is 0. The fourth-order valence-corrected chi connectivity index (χ4v) is 3.35. The van der Waals surface area contributed by atoms with Crippen LogP contribution in [0.4, 0.5) is 0 Å². The number of hydrogen-bond acceptors (Lipinski definition) is 0. The third-order valence-electron chi connectivity index (χ3n) is 4.45. The molecule has 1 fully saturated rings. The predicted molar refractivity (Wildman–Crippen MR) is 82.8 cm³/mol. The van der Waals surface area contributed by atoms with Gasteiger partial charge in [0.2, 0.25) is 0 Å². The van der Waals surface area contributed by atoms with E-state index in [-0.39, 0.29) is 0 Å². The second-order valence-electron chi connectivity index (χ2n) is 5.73. The van der Waals surface area contributed by atoms with Crippen LogP contribution in [0, 0.1) is 5.92 Å². The Balaban J connectivity index is 1.82. The minimum atomic E-state index is 0.816. The molecule has 2 aliphatic carbocycles. The summed E-state index contributed by atoms with van der Waals surface area (Å²) in [5, 5.41) is 0. The third kappa shape index (κ3) is 2.58. The Labute approximate surface area is 116 Å². The van der Waals surface area contributed by atoms with Crippen molar-refractivity contribution in [3.8, 4) is 0 Å². The van der Waals surface area contributed by atoms with E-state index in [1.165, 1.54) is 54.4 Å². The Morgan fingerprint density at radius 3 is 2.42 bits per heavy atom. The maximum absolute atomic E-state index is 4.00. The van der Waals surface area contributed by atoms with Gasteiger partial charge in [-0.15, -0.1) is 0 Å². The zero-order chi connectivity index (χ0) is 13.1. The maximum Gasteiger partial charge on any atom is -0.00108 e. The van der Waals surface area contributed by atoms with Gasteiger partial charge in [-0.3, -0.25) is 0 Å². The van der Waals surface area contributed by atoms with Gasteiger partial charge < -0.3 is 0 Å². The van der Waals surface area contributed by atoms with E-state index >= 15 is 0 Å². The highest BCUT2D eigenvalue weighted by molar-refractivity contribution is 5.84. The summed E-state index contributed by atoms with van der Waals surface area (Å²) < 4.78 is 0. The van der Waals surface area contributed by atoms with E-state index in [1.807, 2.05) is 6.08 Å². The van der Waals surface area contributed by atoms with Gasteiger partial charge in [-0.1, -0.05) is 68.3 Å². The summed E-state index contributed by atoms with van der Waals surface area (Å²) >= 11 is 0. The van der Waals surface area contributed by atoms with Crippen molar-refractivity contribution in [2.75, 3.05) is 0 Å². The molecular formula is C19H22. The molecule has 0 N–H and O–H groups in total. The molecule has 98 valence electrons. The molecule has 0 nitrogen and oxygen atoms in total. The molecule has 0 amide bonds. The maximum atomic E-state index is 4.00. The van der Waals surface area contributed by atoms with E-state index in [4.69, 9.17) is 0 Å². The fraction of sp³-hybridized carbons (Fsp3) is 0.368. The first-order valence-corrected chi connectivity index (χ1v) is 7.50. The molecule has 0 spiro atoms. The van der Waals surface area contributed by atoms with Gasteiger partial charge in [-0.25, -0.2) is 0 Å². The topological polar surface area (TPSA) is 0 Å². The molecule has 19 heavy (non-hydrogen) atoms. The monoisotopic (exact) mass is 250 g/mol. The van der Waals surface area contributed by atoms with E-state index in [0.717, 1.165) is 12.3 Å². The van der Waals surface area contributed by atoms with Gasteiger partial charge in [-0.2, -0.15) is 0 Å². The Morgan fingerprint density at radius 1 is 1.00 bits per heavy atom. The first-order chi connectivity index (χ1) is 9.38. The van der Waals surface area contributed by atoms with E-state index in [0.29, 0.717) is 0 Å². The van der Waals surface area contributed by atoms with E-state index < -0.39 is 0 Å². The number of hydrogen-bond donors (Lipinski definition) is 0. The van der Waals surface area contributed by atoms with Crippen LogP contribution < -0.4 is 0 Å². The molecule has 0 bridgehead atoms. The highest BCUT2D eigenvalue weighted by atomic mass is 14.3. The number of rotatable bonds is 3. The molecule has 0 saturated heterocycles. The molecule has 0 aliphatic heterocycles. The van der Waals surface area contributed by atoms with Crippen molar-refractivity contribution in [1.29, 1.82) is 0 Å². The summed E-state index contributed by atoms with van der Waals surface area (Å²) in [5.41, 5.74) is 5.74. The molecule has 1 saturated carbocycles. The van der Waals surface area contributed by atoms with Crippen LogP contribution in [0.5, 0.6) is 0 Å². The van der Waals surface area contributed by atoms with Crippen LogP contribution in [0.25, 0.3) is 5.57 Å². The lowest BCUT2D eigenvalue weighted by Gasteiger charge is -2.28. The molecule has 0 unspecified atom stereocenters. The molecule has 0 radical (unpaired) electrons. The lowest BCUT2D eigenvalue weighted by molar-refractivity contribution is 0.417. The Morgan fingerprint density at radius 2 is 1.74 bits per heavy atom. The number of allylic oxidation sites excluding steroid dienone is 5. The van der Waals surface area contributed by atoms with E-state index in [2.05, 4.69) is 43.0 Å². The zero-order valence-electron chi connectivity index (χ0n) is 11.6. The predicted octanol–water partition coefficient (Wildman–Crippen LogP) is 5.54. The van der Waals surface area contributed by atoms with Crippen molar-refractivity contribution < 1.29 is 0 Å². The average molecular weight is 250 g/mol. The zero-order valence-corrected chi connectivity index (χ0v) is 11.6. The minimum absolute atomic E-state index is 0.816. The minimum Gasteiger partial charge on any atom is -0.0984 e. The summed E-state index contributed by atoms with van der Waals surface area (Å²) in [6.45, 7) is 4.00. The number of benzene rings is 1. The van der Waals surface area contributed by atoms with Crippen molar-refractivity contribution in [2.24, 2.45) is 5.92 Å². The van der Waals surface area contributed by atoms with E-state index in [9.17, 15) is 0 Å². The SMILES string of the molecule is C=CC1=C(c2ccccc2)C/C1=C\C1CCCCC1. The second kappa shape index (κ2) is 5.61. The van der Waals surface area contributed by atoms with Gasteiger partial charge in [0.1, 0.15) is 0 Å². The van der Waals surface area contributed by atoms with Gasteiger partial charge in [0.05, 0.1) is 0 Å². The van der Waals surface area contributed by atoms with Gasteiger partial charge in [0, 0.05) is 0 Å². The van der Waals surface area contributed by atoms with Gasteiger partial charge in [0.25, 0.3) is 0 Å². The van der Waals surface area contributed by atoms with Crippen molar-refractivity contribution >= 4 is 5.57 Å². The van der Waals surface area contributed by atoms with Crippen LogP contribution in [-0.4, -0.2) is 0 Å². The lowest BCUT2D eigenvalue weighted by atomic mass is 9.76. The van der Waals surface area contributed by atoms with Gasteiger partial charge in [-0.05, 0) is 47.5 Å². The summed E-state index contributed by atoms with van der Waals surface area (Å²) in [5.74, 6) is 0.816. The van der Waals surface area contributed by atoms with Gasteiger partial charge in [0.15, 0.2) is 0 Å². The van der Waals surface area contributed by atoms with Crippen molar-refractivity contribution in [2.45, 2.75) is 38.5 Å². The van der Waals surface area contributed by atoms with Gasteiger partial charge >= 0.3 is 0 Å². The molecule has 1 aromatic rings. The third-order valence-corrected chi connectivity index (χ3v) is 4.45. The largest absolute Gasteiger partial charge is 0.0984 e. The molecule has 2 aliphatic rings. The second-order valence-corrected chi connectivity index (χ2v) is 5.73. The highest BCUT2D eigenvalue weighted by Gasteiger charge is 2.23. The summed E-state index contributed by atoms with van der Waals surface area (Å²) in [6, 6.07) is 10.7. The Bertz CT molecular complexity index is 510. The Kier molecular flexibility index (Phi) is 3.68. The molecule has 0 heterocycles. The molecule has 0 aromatic heterocycles. The standard InChI is InChI=1S/C19H22/c1-2-18-17(13-15-9-5-3-6-10-15)14-19(18)16-11-7-4-8-12-16/h2,4,7-8,11-13,15H,1,3,5-6,9-10,14H2/b17-13+. The lowest BCUT2D eigenvalue weighted by Crippen LogP contribution is -2.10. The first kappa shape index (κ1) is 12.5. The molecule has 1 aromatic carbocycles. The van der Waals surface area contributed by atoms with Crippen LogP contribution in [0.1, 0.15) is 44.1 Å². The highest BCUT2D eigenvalue weighted by Crippen LogP contribution is 2.43. The van der Waals surface area contributed by atoms with Crippen LogP contribution in [0.2, 0.25) is 0 Å². The first-order valence-electron chi connectivity index (χ1n) is 7.50. The van der Waals surface area contributed by atoms with Crippen LogP contribution in [0.15, 0.2) is 60.2 Å². The molecule has 0 atom stereocenters. The quantitative estimate of drug-likeness (QED) is 0.661. The van der Waals surface area contributed by atoms with Crippen molar-refractivity contribution in [3.63, 3.8) is 0 Å². The smallest absolute Gasteiger partial charge is 0.00108 e. The molecule has 3 rings (SSSR count).